The van der Waals surface area contributed by atoms with Crippen molar-refractivity contribution in [3.63, 3.8) is 0 Å². The second kappa shape index (κ2) is 7.08. The van der Waals surface area contributed by atoms with Crippen LogP contribution >= 0.6 is 0 Å². The Morgan fingerprint density at radius 1 is 1.32 bits per heavy atom. The lowest BCUT2D eigenvalue weighted by molar-refractivity contribution is -0.00991. The van der Waals surface area contributed by atoms with Gasteiger partial charge in [0.25, 0.3) is 5.92 Å². The highest BCUT2D eigenvalue weighted by Crippen LogP contribution is 2.40. The molecule has 0 spiro atoms. The second-order valence-corrected chi connectivity index (χ2v) is 6.55. The van der Waals surface area contributed by atoms with Crippen molar-refractivity contribution in [2.45, 2.75) is 24.9 Å². The lowest BCUT2D eigenvalue weighted by atomic mass is 10.1. The predicted molar refractivity (Wildman–Crippen MR) is 97.0 cm³/mol. The molecule has 1 aliphatic carbocycles. The van der Waals surface area contributed by atoms with Gasteiger partial charge >= 0.3 is 0 Å². The summed E-state index contributed by atoms with van der Waals surface area (Å²) in [6.07, 6.45) is 6.56. The Hall–Kier alpha value is -3.20. The first kappa shape index (κ1) is 18.2. The minimum Gasteiger partial charge on any atom is -0.507 e. The number of aromatic nitrogens is 5. The van der Waals surface area contributed by atoms with E-state index < -0.39 is 12.0 Å². The van der Waals surface area contributed by atoms with Crippen molar-refractivity contribution >= 4 is 6.08 Å². The molecule has 1 saturated carbocycles. The number of methoxy groups -OCH3 is 1. The Bertz CT molecular complexity index is 1000. The molecule has 2 aromatic heterocycles. The number of hydrogen-bond acceptors (Lipinski definition) is 6. The first-order valence-corrected chi connectivity index (χ1v) is 8.58. The van der Waals surface area contributed by atoms with Gasteiger partial charge in [-0.15, -0.1) is 10.2 Å². The number of phenols is 1. The van der Waals surface area contributed by atoms with E-state index in [9.17, 15) is 13.9 Å². The number of nitrogens with zero attached hydrogens (tertiary/aromatic N) is 5. The zero-order chi connectivity index (χ0) is 19.7. The van der Waals surface area contributed by atoms with Gasteiger partial charge in [0.2, 0.25) is 0 Å². The quantitative estimate of drug-likeness (QED) is 0.742. The standard InChI is InChI=1S/C19H17F2N5O2/c1-28-17-9-19(20,21)8-12(17)6-18-23-10-15(24-25-18)14-3-2-13(7-16(14)27)26-5-4-22-11-26/h2-7,10-11,17,27H,8-9H2,1H3/b12-6-/t17-/m0/s1. The van der Waals surface area contributed by atoms with Gasteiger partial charge in [-0.2, -0.15) is 0 Å². The molecule has 7 nitrogen and oxygen atoms in total. The van der Waals surface area contributed by atoms with Gasteiger partial charge in [0.15, 0.2) is 5.82 Å². The molecule has 0 saturated heterocycles. The van der Waals surface area contributed by atoms with E-state index in [1.807, 2.05) is 0 Å². The van der Waals surface area contributed by atoms with E-state index in [1.54, 1.807) is 41.5 Å². The minimum atomic E-state index is -2.79. The van der Waals surface area contributed by atoms with Crippen LogP contribution in [0.15, 0.2) is 48.7 Å². The van der Waals surface area contributed by atoms with Crippen LogP contribution < -0.4 is 0 Å². The van der Waals surface area contributed by atoms with Crippen molar-refractivity contribution in [2.75, 3.05) is 7.11 Å². The fourth-order valence-corrected chi connectivity index (χ4v) is 3.21. The van der Waals surface area contributed by atoms with Crippen molar-refractivity contribution in [3.05, 3.63) is 54.5 Å². The highest BCUT2D eigenvalue weighted by atomic mass is 19.3. The zero-order valence-electron chi connectivity index (χ0n) is 15.0. The molecule has 0 aliphatic heterocycles. The normalized spacial score (nSPS) is 20.0. The van der Waals surface area contributed by atoms with Crippen LogP contribution in [0.25, 0.3) is 23.0 Å². The van der Waals surface area contributed by atoms with E-state index >= 15 is 0 Å². The van der Waals surface area contributed by atoms with Crippen LogP contribution in [0.2, 0.25) is 0 Å². The Morgan fingerprint density at radius 2 is 2.18 bits per heavy atom. The van der Waals surface area contributed by atoms with Crippen molar-refractivity contribution in [1.82, 2.24) is 24.7 Å². The molecule has 1 aliphatic rings. The van der Waals surface area contributed by atoms with Gasteiger partial charge in [0, 0.05) is 44.0 Å². The summed E-state index contributed by atoms with van der Waals surface area (Å²) >= 11 is 0. The zero-order valence-corrected chi connectivity index (χ0v) is 15.0. The largest absolute Gasteiger partial charge is 0.507 e. The Morgan fingerprint density at radius 3 is 2.82 bits per heavy atom. The fourth-order valence-electron chi connectivity index (χ4n) is 3.21. The molecule has 1 N–H and O–H groups in total. The van der Waals surface area contributed by atoms with Crippen LogP contribution in [0, 0.1) is 0 Å². The number of rotatable bonds is 4. The van der Waals surface area contributed by atoms with Crippen LogP contribution in [-0.4, -0.2) is 49.0 Å². The van der Waals surface area contributed by atoms with Gasteiger partial charge in [0.05, 0.1) is 24.3 Å². The van der Waals surface area contributed by atoms with E-state index in [1.165, 1.54) is 19.4 Å². The number of imidazole rings is 1. The third-order valence-corrected chi connectivity index (χ3v) is 4.60. The monoisotopic (exact) mass is 385 g/mol. The number of aromatic hydroxyl groups is 1. The molecule has 0 bridgehead atoms. The first-order valence-electron chi connectivity index (χ1n) is 8.58. The number of halogens is 2. The van der Waals surface area contributed by atoms with Crippen molar-refractivity contribution < 1.29 is 18.6 Å². The van der Waals surface area contributed by atoms with E-state index in [2.05, 4.69) is 20.2 Å². The van der Waals surface area contributed by atoms with Gasteiger partial charge < -0.3 is 14.4 Å². The molecule has 0 unspecified atom stereocenters. The number of ether oxygens (including phenoxy) is 1. The SMILES string of the molecule is CO[C@H]1CC(F)(F)C/C1=C/c1ncc(-c2ccc(-n3ccnc3)cc2O)nn1. The van der Waals surface area contributed by atoms with Gasteiger partial charge in [-0.25, -0.2) is 18.7 Å². The molecule has 4 rings (SSSR count). The number of phenolic OH excluding ortho intramolecular Hbond substituents is 1. The summed E-state index contributed by atoms with van der Waals surface area (Å²) in [5, 5.41) is 18.4. The van der Waals surface area contributed by atoms with Crippen LogP contribution in [0.3, 0.4) is 0 Å². The van der Waals surface area contributed by atoms with Gasteiger partial charge in [-0.1, -0.05) is 0 Å². The lowest BCUT2D eigenvalue weighted by Crippen LogP contribution is -2.13. The molecule has 28 heavy (non-hydrogen) atoms. The molecule has 2 heterocycles. The van der Waals surface area contributed by atoms with E-state index in [0.717, 1.165) is 5.69 Å². The van der Waals surface area contributed by atoms with Crippen LogP contribution in [0.5, 0.6) is 5.75 Å². The molecule has 1 atom stereocenters. The molecule has 9 heteroatoms. The molecule has 0 amide bonds. The smallest absolute Gasteiger partial charge is 0.254 e. The van der Waals surface area contributed by atoms with Crippen molar-refractivity contribution in [2.24, 2.45) is 0 Å². The molecule has 0 radical (unpaired) electrons. The Kier molecular flexibility index (Phi) is 4.60. The molecular formula is C19H17F2N5O2. The average molecular weight is 385 g/mol. The highest BCUT2D eigenvalue weighted by Gasteiger charge is 2.43. The maximum Gasteiger partial charge on any atom is 0.254 e. The third-order valence-electron chi connectivity index (χ3n) is 4.60. The van der Waals surface area contributed by atoms with E-state index in [4.69, 9.17) is 4.74 Å². The van der Waals surface area contributed by atoms with Gasteiger partial charge in [-0.3, -0.25) is 0 Å². The summed E-state index contributed by atoms with van der Waals surface area (Å²) in [6, 6.07) is 5.09. The van der Waals surface area contributed by atoms with Crippen LogP contribution in [0.4, 0.5) is 8.78 Å². The fraction of sp³-hybridized carbons (Fsp3) is 0.263. The second-order valence-electron chi connectivity index (χ2n) is 6.55. The van der Waals surface area contributed by atoms with E-state index in [0.29, 0.717) is 16.8 Å². The molecule has 3 aromatic rings. The Labute approximate surface area is 159 Å². The van der Waals surface area contributed by atoms with Crippen LogP contribution in [-0.2, 0) is 4.74 Å². The number of benzene rings is 1. The lowest BCUT2D eigenvalue weighted by Gasteiger charge is -2.09. The summed E-state index contributed by atoms with van der Waals surface area (Å²) in [7, 11) is 1.40. The third kappa shape index (κ3) is 3.61. The summed E-state index contributed by atoms with van der Waals surface area (Å²) in [5.74, 6) is -2.56. The van der Waals surface area contributed by atoms with Crippen LogP contribution in [0.1, 0.15) is 18.7 Å². The highest BCUT2D eigenvalue weighted by molar-refractivity contribution is 5.68. The molecular weight excluding hydrogens is 368 g/mol. The first-order chi connectivity index (χ1) is 13.4. The average Bonchev–Trinajstić information content (AvgIpc) is 3.30. The predicted octanol–water partition coefficient (Wildman–Crippen LogP) is 3.26. The van der Waals surface area contributed by atoms with Gasteiger partial charge in [0.1, 0.15) is 11.4 Å². The van der Waals surface area contributed by atoms with Crippen molar-refractivity contribution in [1.29, 1.82) is 0 Å². The summed E-state index contributed by atoms with van der Waals surface area (Å²) < 4.78 is 34.1. The van der Waals surface area contributed by atoms with E-state index in [-0.39, 0.29) is 24.4 Å². The molecule has 144 valence electrons. The number of hydrogen-bond donors (Lipinski definition) is 1. The minimum absolute atomic E-state index is 0.0169. The maximum atomic E-state index is 13.6. The summed E-state index contributed by atoms with van der Waals surface area (Å²) in [4.78, 5) is 8.14. The van der Waals surface area contributed by atoms with Crippen molar-refractivity contribution in [3.8, 4) is 22.7 Å². The molecule has 1 aromatic carbocycles. The number of alkyl halides is 2. The molecule has 1 fully saturated rings. The summed E-state index contributed by atoms with van der Waals surface area (Å²) in [5.41, 5.74) is 2.02. The maximum absolute atomic E-state index is 13.6. The van der Waals surface area contributed by atoms with Gasteiger partial charge in [-0.05, 0) is 23.8 Å². The summed E-state index contributed by atoms with van der Waals surface area (Å²) in [6.45, 7) is 0. The topological polar surface area (TPSA) is 86.0 Å². The Balaban J connectivity index is 1.58.